The van der Waals surface area contributed by atoms with Crippen LogP contribution in [0, 0.1) is 17.0 Å². The highest BCUT2D eigenvalue weighted by atomic mass is 16.5. The molecule has 3 atom stereocenters. The highest BCUT2D eigenvalue weighted by molar-refractivity contribution is 4.89. The van der Waals surface area contributed by atoms with Gasteiger partial charge >= 0.3 is 0 Å². The first kappa shape index (κ1) is 7.03. The van der Waals surface area contributed by atoms with E-state index in [9.17, 15) is 5.21 Å². The number of rotatable bonds is 1. The number of hydrogen-bond donors (Lipinski definition) is 0. The first-order valence-corrected chi connectivity index (χ1v) is 3.53. The molecule has 2 heteroatoms. The van der Waals surface area contributed by atoms with Crippen LogP contribution in [0.25, 0.3) is 0 Å². The van der Waals surface area contributed by atoms with E-state index in [1.165, 1.54) is 0 Å². The molecule has 1 fully saturated rings. The van der Waals surface area contributed by atoms with Crippen LogP contribution in [0.1, 0.15) is 20.3 Å². The highest BCUT2D eigenvalue weighted by Crippen LogP contribution is 2.36. The summed E-state index contributed by atoms with van der Waals surface area (Å²) in [6.07, 6.45) is 1.08. The molecule has 54 valence electrons. The third-order valence-electron chi connectivity index (χ3n) is 2.58. The summed E-state index contributed by atoms with van der Waals surface area (Å²) in [5, 5.41) is 11.8. The molecule has 0 saturated heterocycles. The second-order valence-electron chi connectivity index (χ2n) is 3.19. The quantitative estimate of drug-likeness (QED) is 0.500. The molecule has 0 N–H and O–H groups in total. The Hall–Kier alpha value is -0.0800. The third-order valence-corrected chi connectivity index (χ3v) is 2.58. The minimum absolute atomic E-state index is 0.306. The lowest BCUT2D eigenvalue weighted by atomic mass is 9.71. The summed E-state index contributed by atoms with van der Waals surface area (Å²) in [5.41, 5.74) is 0. The van der Waals surface area contributed by atoms with Crippen LogP contribution in [0.2, 0.25) is 0 Å². The molecule has 0 aromatic rings. The Bertz CT molecular complexity index is 103. The molecule has 0 bridgehead atoms. The fraction of sp³-hybridized carbons (Fsp3) is 1.00. The van der Waals surface area contributed by atoms with Crippen LogP contribution in [0.3, 0.4) is 0 Å². The van der Waals surface area contributed by atoms with Crippen molar-refractivity contribution in [2.75, 3.05) is 7.05 Å². The van der Waals surface area contributed by atoms with Gasteiger partial charge in [0.15, 0.2) is 0 Å². The molecule has 0 radical (unpaired) electrons. The van der Waals surface area contributed by atoms with Crippen molar-refractivity contribution in [2.24, 2.45) is 11.8 Å². The summed E-state index contributed by atoms with van der Waals surface area (Å²) < 4.78 is 0. The maximum atomic E-state index is 10.7. The van der Waals surface area contributed by atoms with Gasteiger partial charge in [-0.15, -0.1) is 0 Å². The topological polar surface area (TPSA) is 26.3 Å². The van der Waals surface area contributed by atoms with Crippen LogP contribution in [-0.4, -0.2) is 18.2 Å². The average molecular weight is 128 g/mol. The van der Waals surface area contributed by atoms with Crippen molar-refractivity contribution >= 4 is 0 Å². The van der Waals surface area contributed by atoms with Crippen molar-refractivity contribution in [2.45, 2.75) is 26.3 Å². The van der Waals surface area contributed by atoms with Gasteiger partial charge in [0.1, 0.15) is 0 Å². The Morgan fingerprint density at radius 2 is 2.00 bits per heavy atom. The lowest BCUT2D eigenvalue weighted by Gasteiger charge is -2.49. The molecule has 0 spiro atoms. The molecule has 0 amide bonds. The zero-order valence-electron chi connectivity index (χ0n) is 6.29. The van der Waals surface area contributed by atoms with E-state index in [0.717, 1.165) is 17.4 Å². The monoisotopic (exact) mass is 128 g/mol. The lowest BCUT2D eigenvalue weighted by Crippen LogP contribution is -2.46. The van der Waals surface area contributed by atoms with Crippen molar-refractivity contribution in [3.05, 3.63) is 5.21 Å². The van der Waals surface area contributed by atoms with Gasteiger partial charge in [-0.25, -0.2) is 0 Å². The second kappa shape index (κ2) is 2.27. The molecule has 0 aromatic carbocycles. The van der Waals surface area contributed by atoms with Gasteiger partial charge in [-0.1, -0.05) is 13.8 Å². The largest absolute Gasteiger partial charge is 0.785 e. The molecular weight excluding hydrogens is 114 g/mol. The van der Waals surface area contributed by atoms with Crippen LogP contribution in [0.15, 0.2) is 0 Å². The SMILES string of the molecule is CC1CC(N(C)[O-])C1C. The van der Waals surface area contributed by atoms with Crippen molar-refractivity contribution in [3.8, 4) is 0 Å². The molecule has 3 unspecified atom stereocenters. The molecule has 0 heterocycles. The van der Waals surface area contributed by atoms with Crippen LogP contribution >= 0.6 is 0 Å². The fourth-order valence-corrected chi connectivity index (χ4v) is 1.47. The van der Waals surface area contributed by atoms with E-state index in [1.807, 2.05) is 0 Å². The van der Waals surface area contributed by atoms with Gasteiger partial charge in [0, 0.05) is 6.04 Å². The van der Waals surface area contributed by atoms with Gasteiger partial charge in [-0.3, -0.25) is 0 Å². The molecule has 1 saturated carbocycles. The number of nitrogens with zero attached hydrogens (tertiary/aromatic N) is 1. The number of hydroxylamine groups is 2. The lowest BCUT2D eigenvalue weighted by molar-refractivity contribution is 0.0701. The fourth-order valence-electron chi connectivity index (χ4n) is 1.47. The zero-order chi connectivity index (χ0) is 7.02. The molecule has 2 nitrogen and oxygen atoms in total. The van der Waals surface area contributed by atoms with Gasteiger partial charge in [-0.2, -0.15) is 0 Å². The molecule has 1 aliphatic rings. The predicted octanol–water partition coefficient (Wildman–Crippen LogP) is 1.46. The zero-order valence-corrected chi connectivity index (χ0v) is 6.29. The smallest absolute Gasteiger partial charge is 0.000318 e. The van der Waals surface area contributed by atoms with Gasteiger partial charge in [0.05, 0.1) is 0 Å². The second-order valence-corrected chi connectivity index (χ2v) is 3.19. The molecular formula is C7H14NO-. The summed E-state index contributed by atoms with van der Waals surface area (Å²) >= 11 is 0. The Kier molecular flexibility index (Phi) is 1.78. The summed E-state index contributed by atoms with van der Waals surface area (Å²) in [6, 6.07) is 0.306. The first-order chi connectivity index (χ1) is 4.13. The summed E-state index contributed by atoms with van der Waals surface area (Å²) in [5.74, 6) is 1.36. The Morgan fingerprint density at radius 3 is 2.11 bits per heavy atom. The molecule has 1 rings (SSSR count). The maximum absolute atomic E-state index is 10.7. The maximum Gasteiger partial charge on any atom is 0.000318 e. The van der Waals surface area contributed by atoms with Crippen LogP contribution in [0.4, 0.5) is 0 Å². The van der Waals surface area contributed by atoms with Gasteiger partial charge in [0.25, 0.3) is 0 Å². The summed E-state index contributed by atoms with van der Waals surface area (Å²) in [7, 11) is 1.62. The van der Waals surface area contributed by atoms with E-state index in [0.29, 0.717) is 12.0 Å². The minimum Gasteiger partial charge on any atom is -0.785 e. The average Bonchev–Trinajstić information content (AvgIpc) is 1.81. The van der Waals surface area contributed by atoms with E-state index in [1.54, 1.807) is 7.05 Å². The van der Waals surface area contributed by atoms with Crippen molar-refractivity contribution < 1.29 is 0 Å². The predicted molar refractivity (Wildman–Crippen MR) is 37.9 cm³/mol. The Labute approximate surface area is 56.4 Å². The van der Waals surface area contributed by atoms with Crippen molar-refractivity contribution in [1.82, 2.24) is 5.06 Å². The van der Waals surface area contributed by atoms with Gasteiger partial charge < -0.3 is 10.3 Å². The standard InChI is InChI=1S/C7H14NO/c1-5-4-7(6(5)2)8(3)9/h5-7H,4H2,1-3H3/q-1. The molecule has 9 heavy (non-hydrogen) atoms. The molecule has 0 aromatic heterocycles. The van der Waals surface area contributed by atoms with Crippen molar-refractivity contribution in [3.63, 3.8) is 0 Å². The van der Waals surface area contributed by atoms with Gasteiger partial charge in [-0.05, 0) is 25.3 Å². The Balaban J connectivity index is 2.33. The van der Waals surface area contributed by atoms with Crippen molar-refractivity contribution in [1.29, 1.82) is 0 Å². The van der Waals surface area contributed by atoms with E-state index >= 15 is 0 Å². The third kappa shape index (κ3) is 1.10. The Morgan fingerprint density at radius 1 is 1.44 bits per heavy atom. The van der Waals surface area contributed by atoms with E-state index in [4.69, 9.17) is 0 Å². The summed E-state index contributed by atoms with van der Waals surface area (Å²) in [4.78, 5) is 0. The van der Waals surface area contributed by atoms with Crippen LogP contribution < -0.4 is 0 Å². The first-order valence-electron chi connectivity index (χ1n) is 3.53. The molecule has 1 aliphatic carbocycles. The molecule has 0 aliphatic heterocycles. The number of hydrogen-bond acceptors (Lipinski definition) is 2. The minimum atomic E-state index is 0.306. The van der Waals surface area contributed by atoms with Gasteiger partial charge in [0.2, 0.25) is 0 Å². The van der Waals surface area contributed by atoms with Crippen LogP contribution in [0.5, 0.6) is 0 Å². The van der Waals surface area contributed by atoms with E-state index in [-0.39, 0.29) is 0 Å². The van der Waals surface area contributed by atoms with E-state index in [2.05, 4.69) is 13.8 Å². The van der Waals surface area contributed by atoms with E-state index < -0.39 is 0 Å². The van der Waals surface area contributed by atoms with Crippen LogP contribution in [-0.2, 0) is 0 Å². The summed E-state index contributed by atoms with van der Waals surface area (Å²) in [6.45, 7) is 4.35. The normalized spacial score (nSPS) is 43.0. The highest BCUT2D eigenvalue weighted by Gasteiger charge is 2.33.